The summed E-state index contributed by atoms with van der Waals surface area (Å²) in [4.78, 5) is 10.4. The van der Waals surface area contributed by atoms with Crippen LogP contribution in [-0.4, -0.2) is 10.4 Å². The lowest BCUT2D eigenvalue weighted by Gasteiger charge is -1.80. The minimum absolute atomic E-state index is 0.0540. The molecule has 0 saturated carbocycles. The Morgan fingerprint density at radius 1 is 1.50 bits per heavy atom. The third-order valence-corrected chi connectivity index (χ3v) is 1.65. The summed E-state index contributed by atoms with van der Waals surface area (Å²) in [6, 6.07) is 0. The monoisotopic (exact) mass is 199 g/mol. The van der Waals surface area contributed by atoms with E-state index < -0.39 is 5.24 Å². The van der Waals surface area contributed by atoms with Crippen LogP contribution in [0.4, 0.5) is 0 Å². The van der Waals surface area contributed by atoms with Crippen molar-refractivity contribution < 1.29 is 9.32 Å². The zero-order valence-corrected chi connectivity index (χ0v) is 6.67. The van der Waals surface area contributed by atoms with Gasteiger partial charge >= 0.3 is 0 Å². The topological polar surface area (TPSA) is 43.1 Å². The molecular formula is C4Cl3NO2. The Bertz CT molecular complexity index is 269. The van der Waals surface area contributed by atoms with Crippen LogP contribution in [0.2, 0.25) is 10.2 Å². The van der Waals surface area contributed by atoms with Crippen molar-refractivity contribution in [3.05, 3.63) is 15.9 Å². The van der Waals surface area contributed by atoms with E-state index in [0.29, 0.717) is 0 Å². The summed E-state index contributed by atoms with van der Waals surface area (Å²) in [5.41, 5.74) is 0. The van der Waals surface area contributed by atoms with Crippen molar-refractivity contribution in [1.29, 1.82) is 0 Å². The Morgan fingerprint density at radius 2 is 2.10 bits per heavy atom. The third-order valence-electron chi connectivity index (χ3n) is 0.776. The van der Waals surface area contributed by atoms with Crippen molar-refractivity contribution in [3.63, 3.8) is 0 Å². The summed E-state index contributed by atoms with van der Waals surface area (Å²) in [5.74, 6) is -0.228. The highest BCUT2D eigenvalue weighted by Crippen LogP contribution is 2.25. The van der Waals surface area contributed by atoms with Crippen molar-refractivity contribution >= 4 is 40.0 Å². The predicted molar refractivity (Wildman–Crippen MR) is 36.7 cm³/mol. The zero-order valence-electron chi connectivity index (χ0n) is 4.40. The molecule has 0 aliphatic rings. The van der Waals surface area contributed by atoms with Gasteiger partial charge in [-0.2, -0.15) is 0 Å². The number of carbonyl (C=O) groups excluding carboxylic acids is 1. The lowest BCUT2D eigenvalue weighted by atomic mass is 10.5. The molecule has 10 heavy (non-hydrogen) atoms. The number of aromatic nitrogens is 1. The van der Waals surface area contributed by atoms with Crippen LogP contribution < -0.4 is 0 Å². The molecule has 0 radical (unpaired) electrons. The first kappa shape index (κ1) is 7.85. The van der Waals surface area contributed by atoms with Gasteiger partial charge in [0.25, 0.3) is 5.24 Å². The maximum atomic E-state index is 10.4. The van der Waals surface area contributed by atoms with Crippen molar-refractivity contribution in [2.24, 2.45) is 0 Å². The first-order chi connectivity index (χ1) is 4.63. The average molecular weight is 200 g/mol. The summed E-state index contributed by atoms with van der Waals surface area (Å²) >= 11 is 15.7. The number of hydrogen-bond donors (Lipinski definition) is 0. The van der Waals surface area contributed by atoms with Gasteiger partial charge in [0.1, 0.15) is 5.02 Å². The summed E-state index contributed by atoms with van der Waals surface area (Å²) < 4.78 is 4.36. The standard InChI is InChI=1S/C4Cl3NO2/c5-1-2(4(7)9)10-8-3(1)6. The highest BCUT2D eigenvalue weighted by molar-refractivity contribution is 6.68. The van der Waals surface area contributed by atoms with Gasteiger partial charge in [0.2, 0.25) is 5.76 Å². The van der Waals surface area contributed by atoms with Gasteiger partial charge in [-0.1, -0.05) is 28.4 Å². The number of halogens is 3. The molecule has 0 saturated heterocycles. The van der Waals surface area contributed by atoms with Crippen molar-refractivity contribution in [1.82, 2.24) is 5.16 Å². The van der Waals surface area contributed by atoms with E-state index in [1.165, 1.54) is 0 Å². The molecule has 1 aromatic rings. The van der Waals surface area contributed by atoms with Gasteiger partial charge in [-0.3, -0.25) is 4.79 Å². The van der Waals surface area contributed by atoms with E-state index in [4.69, 9.17) is 34.8 Å². The fourth-order valence-corrected chi connectivity index (χ4v) is 0.834. The molecule has 0 aliphatic heterocycles. The van der Waals surface area contributed by atoms with Gasteiger partial charge in [0.05, 0.1) is 0 Å². The highest BCUT2D eigenvalue weighted by atomic mass is 35.5. The van der Waals surface area contributed by atoms with E-state index in [1.54, 1.807) is 0 Å². The molecular weight excluding hydrogens is 200 g/mol. The molecule has 0 bridgehead atoms. The summed E-state index contributed by atoms with van der Waals surface area (Å²) in [7, 11) is 0. The van der Waals surface area contributed by atoms with E-state index >= 15 is 0 Å². The van der Waals surface area contributed by atoms with Crippen LogP contribution in [0.25, 0.3) is 0 Å². The largest absolute Gasteiger partial charge is 0.348 e. The number of hydrogen-bond acceptors (Lipinski definition) is 3. The lowest BCUT2D eigenvalue weighted by molar-refractivity contribution is 0.104. The molecule has 3 nitrogen and oxygen atoms in total. The molecule has 1 aromatic heterocycles. The molecule has 0 N–H and O–H groups in total. The summed E-state index contributed by atoms with van der Waals surface area (Å²) in [6.45, 7) is 0. The van der Waals surface area contributed by atoms with Crippen LogP contribution in [0.5, 0.6) is 0 Å². The Morgan fingerprint density at radius 3 is 2.30 bits per heavy atom. The second-order valence-electron chi connectivity index (χ2n) is 1.39. The fraction of sp³-hybridized carbons (Fsp3) is 0. The van der Waals surface area contributed by atoms with Crippen LogP contribution in [-0.2, 0) is 0 Å². The molecule has 54 valence electrons. The Kier molecular flexibility index (Phi) is 2.18. The molecule has 0 spiro atoms. The van der Waals surface area contributed by atoms with Crippen LogP contribution in [0.15, 0.2) is 4.52 Å². The van der Waals surface area contributed by atoms with Gasteiger partial charge in [0.15, 0.2) is 5.15 Å². The normalized spacial score (nSPS) is 9.90. The molecule has 1 heterocycles. The Labute approximate surface area is 70.8 Å². The van der Waals surface area contributed by atoms with E-state index in [0.717, 1.165) is 0 Å². The summed E-state index contributed by atoms with van der Waals surface area (Å²) in [5, 5.41) is 2.26. The van der Waals surface area contributed by atoms with Gasteiger partial charge in [-0.15, -0.1) is 0 Å². The Balaban J connectivity index is 3.17. The number of carbonyl (C=O) groups is 1. The molecule has 0 atom stereocenters. The smallest absolute Gasteiger partial charge is 0.292 e. The maximum absolute atomic E-state index is 10.4. The number of rotatable bonds is 1. The highest BCUT2D eigenvalue weighted by Gasteiger charge is 2.17. The minimum Gasteiger partial charge on any atom is -0.348 e. The second-order valence-corrected chi connectivity index (χ2v) is 2.47. The first-order valence-corrected chi connectivity index (χ1v) is 3.27. The molecule has 6 heteroatoms. The third kappa shape index (κ3) is 1.26. The molecule has 1 rings (SSSR count). The molecule has 0 amide bonds. The summed E-state index contributed by atoms with van der Waals surface area (Å²) in [6.07, 6.45) is 0. The van der Waals surface area contributed by atoms with Crippen LogP contribution in [0, 0.1) is 0 Å². The van der Waals surface area contributed by atoms with E-state index in [9.17, 15) is 4.79 Å². The van der Waals surface area contributed by atoms with E-state index in [-0.39, 0.29) is 15.9 Å². The average Bonchev–Trinajstić information content (AvgIpc) is 2.14. The van der Waals surface area contributed by atoms with Crippen molar-refractivity contribution in [2.75, 3.05) is 0 Å². The Hall–Kier alpha value is -0.250. The maximum Gasteiger partial charge on any atom is 0.292 e. The van der Waals surface area contributed by atoms with E-state index in [1.807, 2.05) is 0 Å². The fourth-order valence-electron chi connectivity index (χ4n) is 0.382. The molecule has 0 aliphatic carbocycles. The van der Waals surface area contributed by atoms with Gasteiger partial charge in [-0.25, -0.2) is 0 Å². The van der Waals surface area contributed by atoms with Gasteiger partial charge in [-0.05, 0) is 11.6 Å². The molecule has 0 unspecified atom stereocenters. The van der Waals surface area contributed by atoms with Crippen LogP contribution in [0.1, 0.15) is 10.6 Å². The lowest BCUT2D eigenvalue weighted by Crippen LogP contribution is -1.83. The van der Waals surface area contributed by atoms with Crippen LogP contribution in [0.3, 0.4) is 0 Å². The SMILES string of the molecule is O=C(Cl)c1onc(Cl)c1Cl. The van der Waals surface area contributed by atoms with Crippen LogP contribution >= 0.6 is 34.8 Å². The van der Waals surface area contributed by atoms with Gasteiger partial charge < -0.3 is 4.52 Å². The number of nitrogens with zero attached hydrogens (tertiary/aromatic N) is 1. The predicted octanol–water partition coefficient (Wildman–Crippen LogP) is 2.36. The second kappa shape index (κ2) is 2.78. The molecule has 0 fully saturated rings. The van der Waals surface area contributed by atoms with E-state index in [2.05, 4.69) is 9.68 Å². The van der Waals surface area contributed by atoms with Gasteiger partial charge in [0, 0.05) is 0 Å². The zero-order chi connectivity index (χ0) is 7.72. The van der Waals surface area contributed by atoms with Crippen molar-refractivity contribution in [2.45, 2.75) is 0 Å². The minimum atomic E-state index is -0.815. The quantitative estimate of drug-likeness (QED) is 0.654. The molecule has 0 aromatic carbocycles. The van der Waals surface area contributed by atoms with Crippen molar-refractivity contribution in [3.8, 4) is 0 Å². The first-order valence-electron chi connectivity index (χ1n) is 2.13.